The quantitative estimate of drug-likeness (QED) is 0.635. The summed E-state index contributed by atoms with van der Waals surface area (Å²) in [4.78, 5) is 25.3. The van der Waals surface area contributed by atoms with Crippen LogP contribution in [0.1, 0.15) is 24.1 Å². The van der Waals surface area contributed by atoms with Crippen molar-refractivity contribution in [3.8, 4) is 5.75 Å². The molecule has 1 unspecified atom stereocenters. The zero-order chi connectivity index (χ0) is 22.6. The lowest BCUT2D eigenvalue weighted by molar-refractivity contribution is -0.139. The molecule has 0 spiro atoms. The van der Waals surface area contributed by atoms with Crippen LogP contribution in [-0.4, -0.2) is 39.9 Å². The first-order chi connectivity index (χ1) is 14.7. The largest absolute Gasteiger partial charge is 0.497 e. The minimum atomic E-state index is -3.83. The van der Waals surface area contributed by atoms with Crippen LogP contribution in [0.25, 0.3) is 0 Å². The second-order valence-electron chi connectivity index (χ2n) is 6.99. The molecule has 0 radical (unpaired) electrons. The molecule has 164 valence electrons. The molecule has 0 aliphatic carbocycles. The summed E-state index contributed by atoms with van der Waals surface area (Å²) < 4.78 is 36.4. The Morgan fingerprint density at radius 3 is 2.48 bits per heavy atom. The minimum absolute atomic E-state index is 0.0180. The summed E-state index contributed by atoms with van der Waals surface area (Å²) in [5, 5.41) is 5.17. The molecule has 1 aliphatic rings. The molecule has 8 nitrogen and oxygen atoms in total. The Labute approximate surface area is 181 Å². The van der Waals surface area contributed by atoms with E-state index in [0.717, 1.165) is 5.56 Å². The number of ether oxygens (including phenoxy) is 2. The maximum absolute atomic E-state index is 13.0. The average molecular weight is 445 g/mol. The van der Waals surface area contributed by atoms with Crippen molar-refractivity contribution in [1.82, 2.24) is 10.6 Å². The van der Waals surface area contributed by atoms with E-state index < -0.39 is 33.6 Å². The Balaban J connectivity index is 2.10. The van der Waals surface area contributed by atoms with Gasteiger partial charge in [-0.25, -0.2) is 18.0 Å². The number of benzene rings is 2. The standard InChI is InChI=1S/C22H24N2O6S/c1-4-30-21(25)19-18(13-31(27,28)17-10-8-14(2)9-11-17)23-22(26)24-20(19)15-6-5-7-16(12-15)29-3/h5-12,20H,4,13H2,1-3H3,(H2,23,24,26). The van der Waals surface area contributed by atoms with Gasteiger partial charge in [-0.2, -0.15) is 0 Å². The van der Waals surface area contributed by atoms with Crippen molar-refractivity contribution in [1.29, 1.82) is 0 Å². The van der Waals surface area contributed by atoms with Crippen LogP contribution in [0.4, 0.5) is 4.79 Å². The van der Waals surface area contributed by atoms with Crippen LogP contribution in [0.15, 0.2) is 64.7 Å². The predicted octanol–water partition coefficient (Wildman–Crippen LogP) is 2.65. The Kier molecular flexibility index (Phi) is 6.65. The molecule has 9 heteroatoms. The predicted molar refractivity (Wildman–Crippen MR) is 114 cm³/mol. The van der Waals surface area contributed by atoms with E-state index in [0.29, 0.717) is 11.3 Å². The number of sulfone groups is 1. The van der Waals surface area contributed by atoms with Crippen molar-refractivity contribution in [3.05, 3.63) is 70.9 Å². The Hall–Kier alpha value is -3.33. The molecule has 2 aromatic carbocycles. The molecule has 31 heavy (non-hydrogen) atoms. The number of nitrogens with one attached hydrogen (secondary N) is 2. The van der Waals surface area contributed by atoms with Gasteiger partial charge in [0.25, 0.3) is 0 Å². The fourth-order valence-electron chi connectivity index (χ4n) is 3.27. The number of amides is 2. The number of hydrogen-bond acceptors (Lipinski definition) is 6. The molecule has 0 aromatic heterocycles. The second kappa shape index (κ2) is 9.22. The van der Waals surface area contributed by atoms with Gasteiger partial charge in [-0.3, -0.25) is 0 Å². The summed E-state index contributed by atoms with van der Waals surface area (Å²) in [5.41, 5.74) is 1.49. The van der Waals surface area contributed by atoms with E-state index in [1.807, 2.05) is 6.92 Å². The maximum Gasteiger partial charge on any atom is 0.338 e. The van der Waals surface area contributed by atoms with Crippen molar-refractivity contribution >= 4 is 21.8 Å². The number of aryl methyl sites for hydroxylation is 1. The normalized spacial score (nSPS) is 16.4. The van der Waals surface area contributed by atoms with Crippen molar-refractivity contribution in [2.45, 2.75) is 24.8 Å². The summed E-state index contributed by atoms with van der Waals surface area (Å²) in [6, 6.07) is 11.7. The molecule has 2 amide bonds. The van der Waals surface area contributed by atoms with Gasteiger partial charge in [-0.05, 0) is 43.7 Å². The van der Waals surface area contributed by atoms with E-state index >= 15 is 0 Å². The molecule has 0 saturated heterocycles. The highest BCUT2D eigenvalue weighted by molar-refractivity contribution is 7.91. The lowest BCUT2D eigenvalue weighted by atomic mass is 9.95. The molecule has 1 atom stereocenters. The summed E-state index contributed by atoms with van der Waals surface area (Å²) in [6.07, 6.45) is 0. The molecule has 0 bridgehead atoms. The number of carbonyl (C=O) groups excluding carboxylic acids is 2. The molecule has 3 rings (SSSR count). The number of carbonyl (C=O) groups is 2. The van der Waals surface area contributed by atoms with E-state index in [1.54, 1.807) is 43.3 Å². The third-order valence-electron chi connectivity index (χ3n) is 4.79. The Morgan fingerprint density at radius 1 is 1.13 bits per heavy atom. The molecule has 0 saturated carbocycles. The fraction of sp³-hybridized carbons (Fsp3) is 0.273. The smallest absolute Gasteiger partial charge is 0.338 e. The molecule has 2 aromatic rings. The van der Waals surface area contributed by atoms with E-state index in [4.69, 9.17) is 9.47 Å². The molecule has 0 fully saturated rings. The molecular formula is C22H24N2O6S. The van der Waals surface area contributed by atoms with Gasteiger partial charge in [0.2, 0.25) is 0 Å². The minimum Gasteiger partial charge on any atom is -0.497 e. The number of methoxy groups -OCH3 is 1. The molecule has 2 N–H and O–H groups in total. The number of rotatable bonds is 7. The lowest BCUT2D eigenvalue weighted by Gasteiger charge is -2.29. The first kappa shape index (κ1) is 22.4. The topological polar surface area (TPSA) is 111 Å². The van der Waals surface area contributed by atoms with Gasteiger partial charge in [0.1, 0.15) is 5.75 Å². The van der Waals surface area contributed by atoms with Crippen LogP contribution in [0, 0.1) is 6.92 Å². The first-order valence-corrected chi connectivity index (χ1v) is 11.3. The van der Waals surface area contributed by atoms with Gasteiger partial charge in [0.15, 0.2) is 9.84 Å². The van der Waals surface area contributed by atoms with E-state index in [2.05, 4.69) is 10.6 Å². The highest BCUT2D eigenvalue weighted by Crippen LogP contribution is 2.31. The first-order valence-electron chi connectivity index (χ1n) is 9.66. The van der Waals surface area contributed by atoms with Gasteiger partial charge in [0.05, 0.1) is 36.0 Å². The highest BCUT2D eigenvalue weighted by atomic mass is 32.2. The van der Waals surface area contributed by atoms with Gasteiger partial charge in [-0.1, -0.05) is 29.8 Å². The Morgan fingerprint density at radius 2 is 1.84 bits per heavy atom. The molecule has 1 aliphatic heterocycles. The lowest BCUT2D eigenvalue weighted by Crippen LogP contribution is -2.47. The van der Waals surface area contributed by atoms with Crippen molar-refractivity contribution in [2.24, 2.45) is 0 Å². The summed E-state index contributed by atoms with van der Waals surface area (Å²) in [6.45, 7) is 3.60. The van der Waals surface area contributed by atoms with Gasteiger partial charge in [-0.15, -0.1) is 0 Å². The summed E-state index contributed by atoms with van der Waals surface area (Å²) in [5.74, 6) is -0.739. The summed E-state index contributed by atoms with van der Waals surface area (Å²) >= 11 is 0. The van der Waals surface area contributed by atoms with E-state index in [-0.39, 0.29) is 22.8 Å². The fourth-order valence-corrected chi connectivity index (χ4v) is 4.60. The molecular weight excluding hydrogens is 420 g/mol. The zero-order valence-electron chi connectivity index (χ0n) is 17.5. The maximum atomic E-state index is 13.0. The van der Waals surface area contributed by atoms with Crippen molar-refractivity contribution in [2.75, 3.05) is 19.5 Å². The van der Waals surface area contributed by atoms with Crippen LogP contribution in [0.2, 0.25) is 0 Å². The third kappa shape index (κ3) is 5.05. The number of urea groups is 1. The van der Waals surface area contributed by atoms with E-state index in [1.165, 1.54) is 19.2 Å². The number of esters is 1. The average Bonchev–Trinajstić information content (AvgIpc) is 2.73. The second-order valence-corrected chi connectivity index (χ2v) is 8.98. The van der Waals surface area contributed by atoms with Crippen LogP contribution < -0.4 is 15.4 Å². The van der Waals surface area contributed by atoms with Gasteiger partial charge >= 0.3 is 12.0 Å². The SMILES string of the molecule is CCOC(=O)C1=C(CS(=O)(=O)c2ccc(C)cc2)NC(=O)NC1c1cccc(OC)c1. The van der Waals surface area contributed by atoms with Gasteiger partial charge in [0, 0.05) is 5.70 Å². The van der Waals surface area contributed by atoms with Crippen molar-refractivity contribution in [3.63, 3.8) is 0 Å². The summed E-state index contributed by atoms with van der Waals surface area (Å²) in [7, 11) is -2.33. The highest BCUT2D eigenvalue weighted by Gasteiger charge is 2.35. The van der Waals surface area contributed by atoms with Crippen LogP contribution in [0.3, 0.4) is 0 Å². The Bertz CT molecular complexity index is 1120. The monoisotopic (exact) mass is 444 g/mol. The zero-order valence-corrected chi connectivity index (χ0v) is 18.3. The van der Waals surface area contributed by atoms with Crippen LogP contribution in [0.5, 0.6) is 5.75 Å². The van der Waals surface area contributed by atoms with Gasteiger partial charge < -0.3 is 20.1 Å². The third-order valence-corrected chi connectivity index (χ3v) is 6.45. The van der Waals surface area contributed by atoms with Crippen molar-refractivity contribution < 1.29 is 27.5 Å². The van der Waals surface area contributed by atoms with E-state index in [9.17, 15) is 18.0 Å². The molecule has 1 heterocycles. The van der Waals surface area contributed by atoms with Crippen LogP contribution in [-0.2, 0) is 19.4 Å². The van der Waals surface area contributed by atoms with Crippen LogP contribution >= 0.6 is 0 Å². The number of hydrogen-bond donors (Lipinski definition) is 2.